The van der Waals surface area contributed by atoms with Gasteiger partial charge in [0.25, 0.3) is 10.3 Å². The maximum atomic E-state index is 13.5. The largest absolute Gasteiger partial charge is 0.490 e. The Bertz CT molecular complexity index is 1620. The van der Waals surface area contributed by atoms with Crippen LogP contribution >= 0.6 is 47.6 Å². The van der Waals surface area contributed by atoms with Crippen molar-refractivity contribution in [1.29, 1.82) is 0 Å². The molecule has 0 atom stereocenters. The Hall–Kier alpha value is -3.33. The van der Waals surface area contributed by atoms with Crippen molar-refractivity contribution in [1.82, 2.24) is 0 Å². The number of hydrogen-bond acceptors (Lipinski definition) is 8. The second-order valence-corrected chi connectivity index (χ2v) is 10.1. The third kappa shape index (κ3) is 10.1. The smallest absolute Gasteiger partial charge is 0.432 e. The normalized spacial score (nSPS) is 10.2. The molecule has 16 heteroatoms. The van der Waals surface area contributed by atoms with Gasteiger partial charge in [0.2, 0.25) is 0 Å². The fourth-order valence-electron chi connectivity index (χ4n) is 3.48. The van der Waals surface area contributed by atoms with Crippen LogP contribution in [0.2, 0.25) is 10.0 Å². The second-order valence-electron chi connectivity index (χ2n) is 8.54. The molecule has 0 amide bonds. The zero-order valence-electron chi connectivity index (χ0n) is 22.1. The summed E-state index contributed by atoms with van der Waals surface area (Å²) in [5.41, 5.74) is 2.06. The van der Waals surface area contributed by atoms with E-state index in [1.54, 1.807) is 49.4 Å². The molecular weight excluding hydrogens is 643 g/mol. The van der Waals surface area contributed by atoms with Gasteiger partial charge in [-0.2, -0.15) is 0 Å². The first-order chi connectivity index (χ1) is 20.3. The molecule has 6 N–H and O–H groups in total. The predicted molar refractivity (Wildman–Crippen MR) is 174 cm³/mol. The summed E-state index contributed by atoms with van der Waals surface area (Å²) in [4.78, 5) is 0. The first-order valence-electron chi connectivity index (χ1n) is 12.1. The summed E-state index contributed by atoms with van der Waals surface area (Å²) in [6.07, 6.45) is 0. The summed E-state index contributed by atoms with van der Waals surface area (Å²) in [5, 5.41) is 42.9. The minimum atomic E-state index is -1.75. The molecule has 222 valence electrons. The highest BCUT2D eigenvalue weighted by atomic mass is 35.5. The van der Waals surface area contributed by atoms with Crippen LogP contribution in [-0.2, 0) is 0 Å². The van der Waals surface area contributed by atoms with Crippen LogP contribution < -0.4 is 31.0 Å². The summed E-state index contributed by atoms with van der Waals surface area (Å²) in [5.74, 6) is -1.38. The number of rotatable bonds is 6. The van der Waals surface area contributed by atoms with E-state index in [0.29, 0.717) is 33.6 Å². The van der Waals surface area contributed by atoms with E-state index in [-0.39, 0.29) is 32.3 Å². The van der Waals surface area contributed by atoms with E-state index in [0.717, 1.165) is 12.1 Å². The lowest BCUT2D eigenvalue weighted by molar-refractivity contribution is 0.424. The number of anilines is 2. The summed E-state index contributed by atoms with van der Waals surface area (Å²) in [6, 6.07) is 19.2. The van der Waals surface area contributed by atoms with Gasteiger partial charge in [0.1, 0.15) is 11.6 Å². The van der Waals surface area contributed by atoms with Gasteiger partial charge in [-0.25, -0.2) is 8.78 Å². The lowest BCUT2D eigenvalue weighted by atomic mass is 9.77. The highest BCUT2D eigenvalue weighted by Gasteiger charge is 2.19. The molecule has 0 unspecified atom stereocenters. The molecule has 0 aliphatic carbocycles. The third-order valence-corrected chi connectivity index (χ3v) is 6.57. The van der Waals surface area contributed by atoms with E-state index in [9.17, 15) is 18.8 Å². The topological polar surface area (TPSA) is 123 Å². The first kappa shape index (κ1) is 34.2. The number of benzene rings is 4. The Morgan fingerprint density at radius 1 is 0.744 bits per heavy atom. The minimum Gasteiger partial charge on any atom is -0.432 e. The highest BCUT2D eigenvalue weighted by molar-refractivity contribution is 7.80. The SMILES string of the molecule is Cc1c(NC(=S)Oc2cccc(Cl)c2)cccc1B(O)O.OB(O)c1cccc(NC(=S)Oc2ccc(F)cc2F)c1Cl. The molecule has 8 nitrogen and oxygen atoms in total. The van der Waals surface area contributed by atoms with Gasteiger partial charge in [0, 0.05) is 22.2 Å². The van der Waals surface area contributed by atoms with E-state index in [1.165, 1.54) is 18.2 Å². The van der Waals surface area contributed by atoms with Gasteiger partial charge in [0.05, 0.1) is 10.7 Å². The van der Waals surface area contributed by atoms with Crippen molar-refractivity contribution in [2.45, 2.75) is 6.92 Å². The molecule has 4 rings (SSSR count). The summed E-state index contributed by atoms with van der Waals surface area (Å²) in [6.45, 7) is 1.76. The van der Waals surface area contributed by atoms with Crippen LogP contribution in [0.25, 0.3) is 0 Å². The maximum Gasteiger partial charge on any atom is 0.490 e. The number of thiocarbonyl (C=S) groups is 2. The van der Waals surface area contributed by atoms with Crippen molar-refractivity contribution in [2.24, 2.45) is 0 Å². The Kier molecular flexibility index (Phi) is 12.7. The van der Waals surface area contributed by atoms with E-state index < -0.39 is 25.9 Å². The van der Waals surface area contributed by atoms with Gasteiger partial charge < -0.3 is 40.2 Å². The standard InChI is InChI=1S/C14H13BClNO3S.C13H9BClF2NO3S/c1-9-12(15(18)19)6-3-7-13(9)17-14(21)20-11-5-2-4-10(16)8-11;15-12-8(14(19)20)2-1-3-10(12)18-13(22)21-11-5-4-7(16)6-9(11)17/h2-8,18-19H,1H3,(H,17,21);1-6,19-20H,(H,18,22). The van der Waals surface area contributed by atoms with Crippen molar-refractivity contribution in [3.05, 3.63) is 106 Å². The molecule has 0 heterocycles. The first-order valence-corrected chi connectivity index (χ1v) is 13.7. The molecule has 0 saturated carbocycles. The van der Waals surface area contributed by atoms with E-state index in [2.05, 4.69) is 10.6 Å². The number of halogens is 4. The van der Waals surface area contributed by atoms with Crippen LogP contribution in [0.5, 0.6) is 11.5 Å². The van der Waals surface area contributed by atoms with Gasteiger partial charge in [-0.3, -0.25) is 0 Å². The molecular formula is C27H22B2Cl2F2N2O6S2. The molecule has 0 spiro atoms. The quantitative estimate of drug-likeness (QED) is 0.132. The summed E-state index contributed by atoms with van der Waals surface area (Å²) >= 11 is 21.9. The third-order valence-electron chi connectivity index (χ3n) is 5.54. The van der Waals surface area contributed by atoms with Crippen LogP contribution in [0.4, 0.5) is 20.2 Å². The average molecular weight is 665 g/mol. The molecule has 0 aliphatic rings. The second kappa shape index (κ2) is 15.9. The Balaban J connectivity index is 0.000000236. The van der Waals surface area contributed by atoms with Crippen LogP contribution in [-0.4, -0.2) is 44.7 Å². The Morgan fingerprint density at radius 3 is 1.95 bits per heavy atom. The van der Waals surface area contributed by atoms with Crippen LogP contribution in [0.1, 0.15) is 5.56 Å². The van der Waals surface area contributed by atoms with Gasteiger partial charge in [-0.1, -0.05) is 53.5 Å². The molecule has 4 aromatic rings. The highest BCUT2D eigenvalue weighted by Crippen LogP contribution is 2.22. The van der Waals surface area contributed by atoms with Crippen molar-refractivity contribution in [2.75, 3.05) is 10.6 Å². The minimum absolute atomic E-state index is 0.0306. The van der Waals surface area contributed by atoms with Gasteiger partial charge in [-0.15, -0.1) is 0 Å². The Morgan fingerprint density at radius 2 is 1.33 bits per heavy atom. The van der Waals surface area contributed by atoms with Crippen LogP contribution in [0.3, 0.4) is 0 Å². The van der Waals surface area contributed by atoms with E-state index >= 15 is 0 Å². The molecule has 0 radical (unpaired) electrons. The Labute approximate surface area is 267 Å². The lowest BCUT2D eigenvalue weighted by Crippen LogP contribution is -2.33. The fourth-order valence-corrected chi connectivity index (χ4v) is 4.34. The monoisotopic (exact) mass is 664 g/mol. The number of ether oxygens (including phenoxy) is 2. The zero-order chi connectivity index (χ0) is 31.7. The number of nitrogens with one attached hydrogen (secondary N) is 2. The number of hydrogen-bond donors (Lipinski definition) is 6. The van der Waals surface area contributed by atoms with Crippen molar-refractivity contribution >= 4 is 94.5 Å². The average Bonchev–Trinajstić information content (AvgIpc) is 2.92. The van der Waals surface area contributed by atoms with E-state index in [1.807, 2.05) is 0 Å². The molecule has 0 aromatic heterocycles. The predicted octanol–water partition coefficient (Wildman–Crippen LogP) is 4.18. The molecule has 43 heavy (non-hydrogen) atoms. The molecule has 4 aromatic carbocycles. The van der Waals surface area contributed by atoms with Crippen LogP contribution in [0, 0.1) is 18.6 Å². The zero-order valence-corrected chi connectivity index (χ0v) is 25.2. The molecule has 0 bridgehead atoms. The fraction of sp³-hybridized carbons (Fsp3) is 0.0370. The van der Waals surface area contributed by atoms with Gasteiger partial charge in [-0.05, 0) is 84.9 Å². The molecule has 0 aliphatic heterocycles. The summed E-state index contributed by atoms with van der Waals surface area (Å²) < 4.78 is 36.8. The van der Waals surface area contributed by atoms with Crippen molar-refractivity contribution in [3.63, 3.8) is 0 Å². The van der Waals surface area contributed by atoms with Crippen LogP contribution in [0.15, 0.2) is 78.9 Å². The van der Waals surface area contributed by atoms with Crippen molar-refractivity contribution < 1.29 is 38.4 Å². The van der Waals surface area contributed by atoms with E-state index in [4.69, 9.17) is 67.2 Å². The lowest BCUT2D eigenvalue weighted by Gasteiger charge is -2.14. The molecule has 0 fully saturated rings. The molecule has 0 saturated heterocycles. The van der Waals surface area contributed by atoms with Gasteiger partial charge >= 0.3 is 14.2 Å². The maximum absolute atomic E-state index is 13.5. The van der Waals surface area contributed by atoms with Gasteiger partial charge in [0.15, 0.2) is 11.6 Å². The van der Waals surface area contributed by atoms with Crippen molar-refractivity contribution in [3.8, 4) is 11.5 Å². The summed E-state index contributed by atoms with van der Waals surface area (Å²) in [7, 11) is -3.28.